The maximum Gasteiger partial charge on any atom is 0.123 e. The van der Waals surface area contributed by atoms with E-state index in [0.29, 0.717) is 0 Å². The van der Waals surface area contributed by atoms with Gasteiger partial charge in [-0.2, -0.15) is 0 Å². The van der Waals surface area contributed by atoms with Crippen molar-refractivity contribution in [1.82, 2.24) is 9.80 Å². The fraction of sp³-hybridized carbons (Fsp3) is 0.647. The molecule has 0 unspecified atom stereocenters. The van der Waals surface area contributed by atoms with Crippen molar-refractivity contribution >= 4 is 0 Å². The fourth-order valence-electron chi connectivity index (χ4n) is 2.80. The Balaban J connectivity index is 0.000000956. The second-order valence-electron chi connectivity index (χ2n) is 5.73. The first-order valence-corrected chi connectivity index (χ1v) is 7.62. The molecule has 3 heteroatoms. The Morgan fingerprint density at radius 3 is 2.05 bits per heavy atom. The molecule has 0 saturated carbocycles. The number of piperidine rings is 1. The molecule has 0 bridgehead atoms. The maximum atomic E-state index is 13.0. The number of likely N-dealkylation sites (tertiary alicyclic amines) is 1. The SMILES string of the molecule is CC.CN1CCC(Cc2ccc(F)cc2)(N(C)C)CC1. The molecular formula is C17H29FN2. The van der Waals surface area contributed by atoms with E-state index in [1.807, 2.05) is 26.0 Å². The van der Waals surface area contributed by atoms with Crippen LogP contribution < -0.4 is 0 Å². The number of halogens is 1. The molecule has 0 aliphatic carbocycles. The summed E-state index contributed by atoms with van der Waals surface area (Å²) in [4.78, 5) is 4.73. The first-order chi connectivity index (χ1) is 9.52. The summed E-state index contributed by atoms with van der Waals surface area (Å²) in [7, 11) is 6.50. The molecule has 1 saturated heterocycles. The predicted molar refractivity (Wildman–Crippen MR) is 84.6 cm³/mol. The largest absolute Gasteiger partial charge is 0.306 e. The van der Waals surface area contributed by atoms with Crippen molar-refractivity contribution in [2.75, 3.05) is 34.2 Å². The first-order valence-electron chi connectivity index (χ1n) is 7.62. The highest BCUT2D eigenvalue weighted by Gasteiger charge is 2.35. The van der Waals surface area contributed by atoms with Crippen LogP contribution in [0, 0.1) is 5.82 Å². The molecular weight excluding hydrogens is 251 g/mol. The summed E-state index contributed by atoms with van der Waals surface area (Å²) in [6.45, 7) is 6.28. The van der Waals surface area contributed by atoms with Crippen molar-refractivity contribution < 1.29 is 4.39 Å². The first kappa shape index (κ1) is 17.1. The summed E-state index contributed by atoms with van der Waals surface area (Å²) in [5, 5.41) is 0. The van der Waals surface area contributed by atoms with Gasteiger partial charge in [0.15, 0.2) is 0 Å². The van der Waals surface area contributed by atoms with Crippen molar-refractivity contribution in [2.24, 2.45) is 0 Å². The summed E-state index contributed by atoms with van der Waals surface area (Å²) in [6, 6.07) is 6.96. The van der Waals surface area contributed by atoms with Gasteiger partial charge < -0.3 is 9.80 Å². The Bertz CT molecular complexity index is 378. The summed E-state index contributed by atoms with van der Waals surface area (Å²) in [5.41, 5.74) is 1.46. The van der Waals surface area contributed by atoms with Crippen LogP contribution in [0.25, 0.3) is 0 Å². The number of benzene rings is 1. The highest BCUT2D eigenvalue weighted by atomic mass is 19.1. The molecule has 1 heterocycles. The molecule has 0 spiro atoms. The molecule has 0 atom stereocenters. The van der Waals surface area contributed by atoms with Gasteiger partial charge in [0.25, 0.3) is 0 Å². The van der Waals surface area contributed by atoms with E-state index in [-0.39, 0.29) is 11.4 Å². The fourth-order valence-corrected chi connectivity index (χ4v) is 2.80. The lowest BCUT2D eigenvalue weighted by atomic mass is 9.81. The zero-order valence-electron chi connectivity index (χ0n) is 13.6. The second-order valence-corrected chi connectivity index (χ2v) is 5.73. The van der Waals surface area contributed by atoms with E-state index in [4.69, 9.17) is 0 Å². The zero-order chi connectivity index (χ0) is 15.2. The topological polar surface area (TPSA) is 6.48 Å². The van der Waals surface area contributed by atoms with E-state index in [1.54, 1.807) is 12.1 Å². The van der Waals surface area contributed by atoms with Crippen LogP contribution in [0.3, 0.4) is 0 Å². The highest BCUT2D eigenvalue weighted by Crippen LogP contribution is 2.30. The molecule has 0 amide bonds. The maximum absolute atomic E-state index is 13.0. The summed E-state index contributed by atoms with van der Waals surface area (Å²) in [5.74, 6) is -0.152. The number of rotatable bonds is 3. The quantitative estimate of drug-likeness (QED) is 0.837. The van der Waals surface area contributed by atoms with Gasteiger partial charge in [0, 0.05) is 5.54 Å². The second kappa shape index (κ2) is 7.75. The Kier molecular flexibility index (Phi) is 6.63. The number of nitrogens with zero attached hydrogens (tertiary/aromatic N) is 2. The van der Waals surface area contributed by atoms with Crippen LogP contribution in [0.1, 0.15) is 32.3 Å². The number of hydrogen-bond donors (Lipinski definition) is 0. The molecule has 2 nitrogen and oxygen atoms in total. The van der Waals surface area contributed by atoms with Crippen LogP contribution in [0.2, 0.25) is 0 Å². The predicted octanol–water partition coefficient (Wildman–Crippen LogP) is 3.42. The van der Waals surface area contributed by atoms with Crippen LogP contribution in [-0.4, -0.2) is 49.6 Å². The minimum absolute atomic E-state index is 0.152. The van der Waals surface area contributed by atoms with Gasteiger partial charge in [0.1, 0.15) is 5.82 Å². The van der Waals surface area contributed by atoms with E-state index >= 15 is 0 Å². The van der Waals surface area contributed by atoms with E-state index in [9.17, 15) is 4.39 Å². The monoisotopic (exact) mass is 280 g/mol. The van der Waals surface area contributed by atoms with Crippen LogP contribution >= 0.6 is 0 Å². The molecule has 0 N–H and O–H groups in total. The van der Waals surface area contributed by atoms with E-state index in [2.05, 4.69) is 30.9 Å². The van der Waals surface area contributed by atoms with Gasteiger partial charge >= 0.3 is 0 Å². The minimum atomic E-state index is -0.152. The molecule has 0 aromatic heterocycles. The smallest absolute Gasteiger partial charge is 0.123 e. The molecule has 1 aliphatic heterocycles. The van der Waals surface area contributed by atoms with Gasteiger partial charge in [-0.1, -0.05) is 26.0 Å². The third-order valence-electron chi connectivity index (χ3n) is 4.31. The van der Waals surface area contributed by atoms with Gasteiger partial charge in [0.2, 0.25) is 0 Å². The van der Waals surface area contributed by atoms with Crippen LogP contribution in [-0.2, 0) is 6.42 Å². The number of hydrogen-bond acceptors (Lipinski definition) is 2. The molecule has 20 heavy (non-hydrogen) atoms. The average molecular weight is 280 g/mol. The summed E-state index contributed by atoms with van der Waals surface area (Å²) in [6.07, 6.45) is 3.36. The average Bonchev–Trinajstić information content (AvgIpc) is 2.46. The van der Waals surface area contributed by atoms with Crippen molar-refractivity contribution in [1.29, 1.82) is 0 Å². The summed E-state index contributed by atoms with van der Waals surface area (Å²) >= 11 is 0. The molecule has 0 radical (unpaired) electrons. The van der Waals surface area contributed by atoms with E-state index in [1.165, 1.54) is 18.4 Å². The standard InChI is InChI=1S/C15H23FN2.C2H6/c1-17(2)15(8-10-18(3)11-9-15)12-13-4-6-14(16)7-5-13;1-2/h4-7H,8-12H2,1-3H3;1-2H3. The lowest BCUT2D eigenvalue weighted by Crippen LogP contribution is -2.53. The van der Waals surface area contributed by atoms with Gasteiger partial charge in [-0.05, 0) is 71.2 Å². The van der Waals surface area contributed by atoms with Crippen LogP contribution in [0.4, 0.5) is 4.39 Å². The van der Waals surface area contributed by atoms with Gasteiger partial charge in [-0.25, -0.2) is 4.39 Å². The summed E-state index contributed by atoms with van der Waals surface area (Å²) < 4.78 is 13.0. The van der Waals surface area contributed by atoms with E-state index < -0.39 is 0 Å². The molecule has 1 aliphatic rings. The lowest BCUT2D eigenvalue weighted by molar-refractivity contribution is 0.0666. The molecule has 2 rings (SSSR count). The van der Waals surface area contributed by atoms with Gasteiger partial charge in [0.05, 0.1) is 0 Å². The van der Waals surface area contributed by atoms with Crippen LogP contribution in [0.15, 0.2) is 24.3 Å². The van der Waals surface area contributed by atoms with Crippen molar-refractivity contribution in [3.63, 3.8) is 0 Å². The van der Waals surface area contributed by atoms with Gasteiger partial charge in [-0.15, -0.1) is 0 Å². The molecule has 1 aromatic carbocycles. The molecule has 1 fully saturated rings. The van der Waals surface area contributed by atoms with Crippen molar-refractivity contribution in [2.45, 2.75) is 38.6 Å². The molecule has 114 valence electrons. The normalized spacial score (nSPS) is 18.6. The van der Waals surface area contributed by atoms with Crippen molar-refractivity contribution in [3.05, 3.63) is 35.6 Å². The Morgan fingerprint density at radius 2 is 1.60 bits per heavy atom. The lowest BCUT2D eigenvalue weighted by Gasteiger charge is -2.45. The Morgan fingerprint density at radius 1 is 1.10 bits per heavy atom. The minimum Gasteiger partial charge on any atom is -0.306 e. The van der Waals surface area contributed by atoms with Crippen molar-refractivity contribution in [3.8, 4) is 0 Å². The Labute approximate surface area is 123 Å². The molecule has 1 aromatic rings. The highest BCUT2D eigenvalue weighted by molar-refractivity contribution is 5.19. The van der Waals surface area contributed by atoms with E-state index in [0.717, 1.165) is 19.5 Å². The number of likely N-dealkylation sites (N-methyl/N-ethyl adjacent to an activating group) is 1. The van der Waals surface area contributed by atoms with Gasteiger partial charge in [-0.3, -0.25) is 0 Å². The third-order valence-corrected chi connectivity index (χ3v) is 4.31. The zero-order valence-corrected chi connectivity index (χ0v) is 13.6. The van der Waals surface area contributed by atoms with Crippen LogP contribution in [0.5, 0.6) is 0 Å². The Hall–Kier alpha value is -0.930. The third kappa shape index (κ3) is 4.29.